The molecule has 0 fully saturated rings. The van der Waals surface area contributed by atoms with Crippen LogP contribution in [0.5, 0.6) is 0 Å². The van der Waals surface area contributed by atoms with Crippen LogP contribution in [-0.4, -0.2) is 26.0 Å². The van der Waals surface area contributed by atoms with Gasteiger partial charge in [-0.2, -0.15) is 8.78 Å². The summed E-state index contributed by atoms with van der Waals surface area (Å²) in [7, 11) is 1.64. The molecule has 0 heterocycles. The molecule has 16 heavy (non-hydrogen) atoms. The van der Waals surface area contributed by atoms with Crippen LogP contribution in [0.1, 0.15) is 5.56 Å². The maximum Gasteiger partial charge on any atom is 0.288 e. The minimum Gasteiger partial charge on any atom is -0.383 e. The van der Waals surface area contributed by atoms with E-state index >= 15 is 0 Å². The number of hydrogen-bond donors (Lipinski definition) is 1. The molecule has 0 unspecified atom stereocenters. The highest BCUT2D eigenvalue weighted by Crippen LogP contribution is 2.25. The Morgan fingerprint density at radius 1 is 1.44 bits per heavy atom. The summed E-state index contributed by atoms with van der Waals surface area (Å²) in [6.07, 6.45) is 0. The fourth-order valence-electron chi connectivity index (χ4n) is 1.24. The topological polar surface area (TPSA) is 21.3 Å². The molecule has 1 aromatic rings. The molecule has 1 N–H and O–H groups in total. The van der Waals surface area contributed by atoms with Gasteiger partial charge in [0.05, 0.1) is 6.61 Å². The van der Waals surface area contributed by atoms with Crippen LogP contribution < -0.4 is 5.32 Å². The monoisotopic (exact) mass is 247 g/mol. The van der Waals surface area contributed by atoms with Crippen LogP contribution in [0.2, 0.25) is 0 Å². The first-order chi connectivity index (χ1) is 7.72. The number of nitrogens with one attached hydrogen (secondary N) is 1. The van der Waals surface area contributed by atoms with E-state index in [1.54, 1.807) is 25.3 Å². The minimum atomic E-state index is -2.36. The van der Waals surface area contributed by atoms with E-state index in [1.165, 1.54) is 0 Å². The lowest BCUT2D eigenvalue weighted by Gasteiger charge is -2.06. The summed E-state index contributed by atoms with van der Waals surface area (Å²) in [6, 6.07) is 7.17. The molecule has 0 aliphatic rings. The van der Waals surface area contributed by atoms with Crippen LogP contribution in [0.4, 0.5) is 8.78 Å². The highest BCUT2D eigenvalue weighted by atomic mass is 32.2. The van der Waals surface area contributed by atoms with E-state index in [9.17, 15) is 8.78 Å². The Kier molecular flexibility index (Phi) is 6.37. The third-order valence-corrected chi connectivity index (χ3v) is 2.64. The number of halogens is 2. The lowest BCUT2D eigenvalue weighted by atomic mass is 10.2. The van der Waals surface area contributed by atoms with Crippen molar-refractivity contribution in [2.45, 2.75) is 17.2 Å². The zero-order valence-corrected chi connectivity index (χ0v) is 9.90. The van der Waals surface area contributed by atoms with Gasteiger partial charge in [-0.15, -0.1) is 0 Å². The van der Waals surface area contributed by atoms with Crippen molar-refractivity contribution in [3.63, 3.8) is 0 Å². The van der Waals surface area contributed by atoms with E-state index in [0.29, 0.717) is 29.8 Å². The number of thioether (sulfide) groups is 1. The number of ether oxygens (including phenoxy) is 1. The second kappa shape index (κ2) is 7.60. The Labute approximate surface area is 98.4 Å². The van der Waals surface area contributed by atoms with Crippen molar-refractivity contribution in [3.05, 3.63) is 29.8 Å². The second-order valence-electron chi connectivity index (χ2n) is 3.20. The first kappa shape index (κ1) is 13.4. The summed E-state index contributed by atoms with van der Waals surface area (Å²) in [6.45, 7) is 2.06. The Hall–Kier alpha value is -0.650. The Morgan fingerprint density at radius 2 is 2.25 bits per heavy atom. The number of alkyl halides is 2. The molecule has 5 heteroatoms. The SMILES string of the molecule is COCCNCc1cccc(SC(F)F)c1. The van der Waals surface area contributed by atoms with Gasteiger partial charge in [0.25, 0.3) is 5.76 Å². The lowest BCUT2D eigenvalue weighted by molar-refractivity contribution is 0.199. The van der Waals surface area contributed by atoms with E-state index in [1.807, 2.05) is 6.07 Å². The fraction of sp³-hybridized carbons (Fsp3) is 0.455. The molecule has 0 bridgehead atoms. The van der Waals surface area contributed by atoms with Crippen LogP contribution in [0.3, 0.4) is 0 Å². The van der Waals surface area contributed by atoms with Crippen LogP contribution in [0.25, 0.3) is 0 Å². The molecule has 0 aliphatic carbocycles. The summed E-state index contributed by atoms with van der Waals surface area (Å²) in [5.74, 6) is -2.36. The molecule has 90 valence electrons. The fourth-order valence-corrected chi connectivity index (χ4v) is 1.82. The summed E-state index contributed by atoms with van der Waals surface area (Å²) in [4.78, 5) is 0.598. The standard InChI is InChI=1S/C11H15F2NOS/c1-15-6-5-14-8-9-3-2-4-10(7-9)16-11(12)13/h2-4,7,11,14H,5-6,8H2,1H3. The van der Waals surface area contributed by atoms with Gasteiger partial charge in [0, 0.05) is 25.1 Å². The van der Waals surface area contributed by atoms with Crippen LogP contribution in [0, 0.1) is 0 Å². The van der Waals surface area contributed by atoms with Crippen molar-refractivity contribution >= 4 is 11.8 Å². The maximum atomic E-state index is 12.1. The van der Waals surface area contributed by atoms with Gasteiger partial charge in [-0.05, 0) is 17.7 Å². The molecular weight excluding hydrogens is 232 g/mol. The van der Waals surface area contributed by atoms with Gasteiger partial charge in [-0.25, -0.2) is 0 Å². The molecule has 0 spiro atoms. The normalized spacial score (nSPS) is 11.0. The minimum absolute atomic E-state index is 0.571. The highest BCUT2D eigenvalue weighted by Gasteiger charge is 2.05. The zero-order valence-electron chi connectivity index (χ0n) is 9.08. The van der Waals surface area contributed by atoms with Crippen molar-refractivity contribution in [1.82, 2.24) is 5.32 Å². The molecule has 0 aliphatic heterocycles. The van der Waals surface area contributed by atoms with Gasteiger partial charge < -0.3 is 10.1 Å². The Bertz CT molecular complexity index is 310. The van der Waals surface area contributed by atoms with E-state index in [0.717, 1.165) is 12.1 Å². The average molecular weight is 247 g/mol. The molecule has 0 amide bonds. The second-order valence-corrected chi connectivity index (χ2v) is 4.26. The number of hydrogen-bond acceptors (Lipinski definition) is 3. The van der Waals surface area contributed by atoms with Crippen LogP contribution in [-0.2, 0) is 11.3 Å². The average Bonchev–Trinajstić information content (AvgIpc) is 2.24. The molecule has 2 nitrogen and oxygen atoms in total. The van der Waals surface area contributed by atoms with E-state index in [-0.39, 0.29) is 0 Å². The first-order valence-corrected chi connectivity index (χ1v) is 5.83. The van der Waals surface area contributed by atoms with Crippen molar-refractivity contribution in [2.75, 3.05) is 20.3 Å². The van der Waals surface area contributed by atoms with Gasteiger partial charge in [0.15, 0.2) is 0 Å². The zero-order chi connectivity index (χ0) is 11.8. The molecule has 0 saturated heterocycles. The van der Waals surface area contributed by atoms with Crippen molar-refractivity contribution in [3.8, 4) is 0 Å². The van der Waals surface area contributed by atoms with E-state index in [2.05, 4.69) is 5.32 Å². The van der Waals surface area contributed by atoms with Gasteiger partial charge in [-0.3, -0.25) is 0 Å². The van der Waals surface area contributed by atoms with E-state index in [4.69, 9.17) is 4.74 Å². The summed E-state index contributed by atoms with van der Waals surface area (Å²) >= 11 is 0.571. The third kappa shape index (κ3) is 5.44. The number of rotatable bonds is 7. The summed E-state index contributed by atoms with van der Waals surface area (Å²) in [5.41, 5.74) is 1.00. The smallest absolute Gasteiger partial charge is 0.288 e. The maximum absolute atomic E-state index is 12.1. The highest BCUT2D eigenvalue weighted by molar-refractivity contribution is 7.99. The summed E-state index contributed by atoms with van der Waals surface area (Å²) < 4.78 is 29.2. The van der Waals surface area contributed by atoms with Crippen molar-refractivity contribution in [2.24, 2.45) is 0 Å². The van der Waals surface area contributed by atoms with Gasteiger partial charge in [-0.1, -0.05) is 23.9 Å². The largest absolute Gasteiger partial charge is 0.383 e. The molecule has 0 saturated carbocycles. The number of methoxy groups -OCH3 is 1. The predicted octanol–water partition coefficient (Wildman–Crippen LogP) is 2.74. The van der Waals surface area contributed by atoms with Crippen molar-refractivity contribution in [1.29, 1.82) is 0 Å². The van der Waals surface area contributed by atoms with Crippen LogP contribution >= 0.6 is 11.8 Å². The van der Waals surface area contributed by atoms with E-state index < -0.39 is 5.76 Å². The summed E-state index contributed by atoms with van der Waals surface area (Å²) in [5, 5.41) is 3.16. The van der Waals surface area contributed by atoms with Crippen LogP contribution in [0.15, 0.2) is 29.2 Å². The third-order valence-electron chi connectivity index (χ3n) is 1.94. The lowest BCUT2D eigenvalue weighted by Crippen LogP contribution is -2.18. The Balaban J connectivity index is 2.41. The van der Waals surface area contributed by atoms with Crippen molar-refractivity contribution < 1.29 is 13.5 Å². The molecule has 0 aromatic heterocycles. The molecule has 0 atom stereocenters. The molecular formula is C11H15F2NOS. The predicted molar refractivity (Wildman–Crippen MR) is 61.9 cm³/mol. The first-order valence-electron chi connectivity index (χ1n) is 4.96. The molecule has 1 rings (SSSR count). The quantitative estimate of drug-likeness (QED) is 0.591. The molecule has 0 radical (unpaired) electrons. The number of benzene rings is 1. The van der Waals surface area contributed by atoms with Gasteiger partial charge in [0.2, 0.25) is 0 Å². The molecule has 1 aromatic carbocycles. The van der Waals surface area contributed by atoms with Gasteiger partial charge in [0.1, 0.15) is 0 Å². The Morgan fingerprint density at radius 3 is 2.94 bits per heavy atom. The van der Waals surface area contributed by atoms with Gasteiger partial charge >= 0.3 is 0 Å².